The first-order valence-corrected chi connectivity index (χ1v) is 7.02. The van der Waals surface area contributed by atoms with Crippen molar-refractivity contribution in [3.63, 3.8) is 0 Å². The summed E-state index contributed by atoms with van der Waals surface area (Å²) in [6, 6.07) is 1.38. The maximum atomic E-state index is 5.97. The average Bonchev–Trinajstić information content (AvgIpc) is 2.39. The summed E-state index contributed by atoms with van der Waals surface area (Å²) in [5, 5.41) is 0. The van der Waals surface area contributed by atoms with Gasteiger partial charge in [-0.25, -0.2) is 0 Å². The van der Waals surface area contributed by atoms with E-state index in [4.69, 9.17) is 5.73 Å². The molecular formula is C14H30N2. The van der Waals surface area contributed by atoms with Crippen LogP contribution in [0.25, 0.3) is 0 Å². The molecule has 0 aromatic carbocycles. The van der Waals surface area contributed by atoms with Gasteiger partial charge in [0.15, 0.2) is 0 Å². The summed E-state index contributed by atoms with van der Waals surface area (Å²) in [7, 11) is 0. The smallest absolute Gasteiger partial charge is 0.0141 e. The summed E-state index contributed by atoms with van der Waals surface area (Å²) in [6.45, 7) is 11.4. The molecule has 2 N–H and O–H groups in total. The second-order valence-electron chi connectivity index (χ2n) is 6.02. The van der Waals surface area contributed by atoms with Gasteiger partial charge in [-0.3, -0.25) is 4.90 Å². The van der Waals surface area contributed by atoms with Crippen molar-refractivity contribution in [3.05, 3.63) is 0 Å². The van der Waals surface area contributed by atoms with Crippen LogP contribution in [0.3, 0.4) is 0 Å². The fourth-order valence-electron chi connectivity index (χ4n) is 3.06. The molecule has 0 unspecified atom stereocenters. The highest BCUT2D eigenvalue weighted by Crippen LogP contribution is 2.28. The zero-order valence-corrected chi connectivity index (χ0v) is 11.6. The minimum absolute atomic E-state index is 0.663. The van der Waals surface area contributed by atoms with E-state index in [-0.39, 0.29) is 0 Å². The fraction of sp³-hybridized carbons (Fsp3) is 1.00. The number of nitrogens with zero attached hydrogens (tertiary/aromatic N) is 1. The molecule has 2 nitrogen and oxygen atoms in total. The van der Waals surface area contributed by atoms with Crippen LogP contribution in [0.5, 0.6) is 0 Å². The lowest BCUT2D eigenvalue weighted by Crippen LogP contribution is -2.46. The molecule has 16 heavy (non-hydrogen) atoms. The zero-order chi connectivity index (χ0) is 12.1. The molecule has 1 aliphatic rings. The molecule has 0 aliphatic carbocycles. The molecule has 2 heteroatoms. The van der Waals surface area contributed by atoms with Gasteiger partial charge in [-0.2, -0.15) is 0 Å². The van der Waals surface area contributed by atoms with Gasteiger partial charge in [-0.1, -0.05) is 20.3 Å². The normalized spacial score (nSPS) is 28.7. The summed E-state index contributed by atoms with van der Waals surface area (Å²) in [5.74, 6) is 1.49. The van der Waals surface area contributed by atoms with Crippen LogP contribution in [0.1, 0.15) is 53.4 Å². The van der Waals surface area contributed by atoms with Crippen LogP contribution in [0.15, 0.2) is 0 Å². The second-order valence-corrected chi connectivity index (χ2v) is 6.02. The Labute approximate surface area is 102 Å². The lowest BCUT2D eigenvalue weighted by molar-refractivity contribution is 0.103. The number of rotatable bonds is 4. The van der Waals surface area contributed by atoms with Crippen molar-refractivity contribution in [2.45, 2.75) is 65.5 Å². The Kier molecular flexibility index (Phi) is 5.77. The van der Waals surface area contributed by atoms with Gasteiger partial charge in [-0.05, 0) is 58.0 Å². The topological polar surface area (TPSA) is 29.3 Å². The van der Waals surface area contributed by atoms with Crippen molar-refractivity contribution in [2.75, 3.05) is 13.1 Å². The number of hydrogen-bond donors (Lipinski definition) is 1. The summed E-state index contributed by atoms with van der Waals surface area (Å²) in [5.41, 5.74) is 5.97. The zero-order valence-electron chi connectivity index (χ0n) is 11.6. The third kappa shape index (κ3) is 3.74. The molecule has 0 saturated carbocycles. The maximum absolute atomic E-state index is 5.97. The van der Waals surface area contributed by atoms with E-state index in [1.165, 1.54) is 32.2 Å². The Bertz CT molecular complexity index is 189. The van der Waals surface area contributed by atoms with Crippen molar-refractivity contribution in [3.8, 4) is 0 Å². The molecule has 0 aromatic heterocycles. The van der Waals surface area contributed by atoms with Crippen LogP contribution in [0.2, 0.25) is 0 Å². The largest absolute Gasteiger partial charge is 0.330 e. The first-order valence-electron chi connectivity index (χ1n) is 7.02. The van der Waals surface area contributed by atoms with Crippen LogP contribution in [0.4, 0.5) is 0 Å². The van der Waals surface area contributed by atoms with Gasteiger partial charge >= 0.3 is 0 Å². The molecule has 0 spiro atoms. The molecule has 96 valence electrons. The summed E-state index contributed by atoms with van der Waals surface area (Å²) >= 11 is 0. The van der Waals surface area contributed by atoms with Crippen molar-refractivity contribution in [1.29, 1.82) is 0 Å². The lowest BCUT2D eigenvalue weighted by atomic mass is 9.88. The Morgan fingerprint density at radius 1 is 1.19 bits per heavy atom. The van der Waals surface area contributed by atoms with E-state index < -0.39 is 0 Å². The van der Waals surface area contributed by atoms with Crippen LogP contribution < -0.4 is 5.73 Å². The van der Waals surface area contributed by atoms with Crippen LogP contribution in [-0.4, -0.2) is 30.1 Å². The van der Waals surface area contributed by atoms with Gasteiger partial charge in [0.25, 0.3) is 0 Å². The highest BCUT2D eigenvalue weighted by Gasteiger charge is 2.30. The van der Waals surface area contributed by atoms with Crippen LogP contribution in [-0.2, 0) is 0 Å². The lowest BCUT2D eigenvalue weighted by Gasteiger charge is -2.38. The molecule has 1 aliphatic heterocycles. The van der Waals surface area contributed by atoms with Crippen molar-refractivity contribution in [1.82, 2.24) is 4.90 Å². The molecule has 0 amide bonds. The first kappa shape index (κ1) is 14.0. The van der Waals surface area contributed by atoms with E-state index in [1.807, 2.05) is 0 Å². The summed E-state index contributed by atoms with van der Waals surface area (Å²) < 4.78 is 0. The minimum atomic E-state index is 0.663. The molecule has 1 saturated heterocycles. The van der Waals surface area contributed by atoms with E-state index in [1.54, 1.807) is 0 Å². The molecule has 0 aromatic rings. The minimum Gasteiger partial charge on any atom is -0.330 e. The van der Waals surface area contributed by atoms with Gasteiger partial charge in [-0.15, -0.1) is 0 Å². The Balaban J connectivity index is 2.76. The third-order valence-corrected chi connectivity index (χ3v) is 3.89. The van der Waals surface area contributed by atoms with E-state index in [0.29, 0.717) is 18.0 Å². The number of hydrogen-bond acceptors (Lipinski definition) is 2. The monoisotopic (exact) mass is 226 g/mol. The van der Waals surface area contributed by atoms with Gasteiger partial charge in [0.2, 0.25) is 0 Å². The average molecular weight is 226 g/mol. The summed E-state index contributed by atoms with van der Waals surface area (Å²) in [4.78, 5) is 2.70. The second kappa shape index (κ2) is 6.61. The predicted molar refractivity (Wildman–Crippen MR) is 71.5 cm³/mol. The molecule has 1 rings (SSSR count). The number of nitrogens with two attached hydrogens (primary N) is 1. The molecular weight excluding hydrogens is 196 g/mol. The SMILES string of the molecule is CC(C)C[C@@H]1[C@@H](CN)CCCCN1C(C)C. The van der Waals surface area contributed by atoms with E-state index in [0.717, 1.165) is 12.5 Å². The van der Waals surface area contributed by atoms with Crippen molar-refractivity contribution < 1.29 is 0 Å². The van der Waals surface area contributed by atoms with Gasteiger partial charge in [0.1, 0.15) is 0 Å². The van der Waals surface area contributed by atoms with Gasteiger partial charge in [0.05, 0.1) is 0 Å². The van der Waals surface area contributed by atoms with Gasteiger partial charge in [0, 0.05) is 12.1 Å². The Hall–Kier alpha value is -0.0800. The highest BCUT2D eigenvalue weighted by molar-refractivity contribution is 4.85. The summed E-state index contributed by atoms with van der Waals surface area (Å²) in [6.07, 6.45) is 5.35. The van der Waals surface area contributed by atoms with Crippen molar-refractivity contribution in [2.24, 2.45) is 17.6 Å². The van der Waals surface area contributed by atoms with E-state index in [9.17, 15) is 0 Å². The third-order valence-electron chi connectivity index (χ3n) is 3.89. The Morgan fingerprint density at radius 2 is 1.88 bits per heavy atom. The standard InChI is InChI=1S/C14H30N2/c1-11(2)9-14-13(10-15)7-5-6-8-16(14)12(3)4/h11-14H,5-10,15H2,1-4H3/t13-,14-/m1/s1. The molecule has 2 atom stereocenters. The van der Waals surface area contributed by atoms with Crippen LogP contribution >= 0.6 is 0 Å². The number of likely N-dealkylation sites (tertiary alicyclic amines) is 1. The fourth-order valence-corrected chi connectivity index (χ4v) is 3.06. The van der Waals surface area contributed by atoms with Crippen molar-refractivity contribution >= 4 is 0 Å². The van der Waals surface area contributed by atoms with E-state index in [2.05, 4.69) is 32.6 Å². The van der Waals surface area contributed by atoms with E-state index >= 15 is 0 Å². The van der Waals surface area contributed by atoms with Crippen LogP contribution in [0, 0.1) is 11.8 Å². The highest BCUT2D eigenvalue weighted by atomic mass is 15.2. The first-order chi connectivity index (χ1) is 7.56. The molecule has 0 bridgehead atoms. The molecule has 0 radical (unpaired) electrons. The quantitative estimate of drug-likeness (QED) is 0.798. The predicted octanol–water partition coefficient (Wildman–Crippen LogP) is 2.87. The maximum Gasteiger partial charge on any atom is 0.0141 e. The molecule has 1 heterocycles. The van der Waals surface area contributed by atoms with Gasteiger partial charge < -0.3 is 5.73 Å². The molecule has 1 fully saturated rings. The Morgan fingerprint density at radius 3 is 2.38 bits per heavy atom.